The van der Waals surface area contributed by atoms with Crippen LogP contribution >= 0.6 is 0 Å². The van der Waals surface area contributed by atoms with Crippen LogP contribution in [0.15, 0.2) is 59.0 Å². The highest BCUT2D eigenvalue weighted by Gasteiger charge is 2.08. The Bertz CT molecular complexity index is 687. The Morgan fingerprint density at radius 2 is 1.62 bits per heavy atom. The van der Waals surface area contributed by atoms with Gasteiger partial charge in [-0.3, -0.25) is 0 Å². The molecule has 0 saturated heterocycles. The average molecular weight is 278 g/mol. The third-order valence-electron chi connectivity index (χ3n) is 3.46. The molecule has 0 atom stereocenters. The highest BCUT2D eigenvalue weighted by molar-refractivity contribution is 5.52. The summed E-state index contributed by atoms with van der Waals surface area (Å²) < 4.78 is 5.73. The van der Waals surface area contributed by atoms with Crippen LogP contribution in [0.1, 0.15) is 23.4 Å². The highest BCUT2D eigenvalue weighted by atomic mass is 16.4. The smallest absolute Gasteiger partial charge is 0.247 e. The first kappa shape index (κ1) is 13.6. The molecule has 0 fully saturated rings. The summed E-state index contributed by atoms with van der Waals surface area (Å²) in [4.78, 5) is 0. The Labute approximate surface area is 124 Å². The van der Waals surface area contributed by atoms with E-state index in [1.807, 2.05) is 18.2 Å². The first-order valence-electron chi connectivity index (χ1n) is 7.24. The topological polar surface area (TPSA) is 38.9 Å². The molecule has 3 nitrogen and oxygen atoms in total. The van der Waals surface area contributed by atoms with Gasteiger partial charge in [-0.25, -0.2) is 0 Å². The second kappa shape index (κ2) is 6.35. The van der Waals surface area contributed by atoms with Crippen LogP contribution in [0.4, 0.5) is 0 Å². The van der Waals surface area contributed by atoms with Gasteiger partial charge in [0.05, 0.1) is 0 Å². The van der Waals surface area contributed by atoms with Crippen LogP contribution in [0.5, 0.6) is 0 Å². The number of aryl methyl sites for hydroxylation is 3. The summed E-state index contributed by atoms with van der Waals surface area (Å²) in [5.41, 5.74) is 3.54. The fourth-order valence-corrected chi connectivity index (χ4v) is 2.26. The van der Waals surface area contributed by atoms with Crippen LogP contribution in [-0.2, 0) is 12.8 Å². The van der Waals surface area contributed by atoms with Crippen LogP contribution in [0.3, 0.4) is 0 Å². The van der Waals surface area contributed by atoms with E-state index >= 15 is 0 Å². The van der Waals surface area contributed by atoms with Crippen molar-refractivity contribution in [3.63, 3.8) is 0 Å². The van der Waals surface area contributed by atoms with E-state index in [0.717, 1.165) is 24.8 Å². The molecule has 0 spiro atoms. The summed E-state index contributed by atoms with van der Waals surface area (Å²) in [6, 6.07) is 18.6. The number of hydrogen-bond donors (Lipinski definition) is 0. The second-order valence-corrected chi connectivity index (χ2v) is 5.21. The van der Waals surface area contributed by atoms with Crippen molar-refractivity contribution in [2.45, 2.75) is 26.2 Å². The molecule has 0 aliphatic carbocycles. The zero-order valence-corrected chi connectivity index (χ0v) is 12.1. The molecule has 3 rings (SSSR count). The van der Waals surface area contributed by atoms with Gasteiger partial charge in [-0.15, -0.1) is 10.2 Å². The molecule has 0 radical (unpaired) electrons. The number of nitrogens with zero attached hydrogens (tertiary/aromatic N) is 2. The number of aromatic nitrogens is 2. The molecule has 0 unspecified atom stereocenters. The Kier molecular flexibility index (Phi) is 4.10. The first-order valence-corrected chi connectivity index (χ1v) is 7.24. The summed E-state index contributed by atoms with van der Waals surface area (Å²) in [7, 11) is 0. The minimum Gasteiger partial charge on any atom is -0.421 e. The Hall–Kier alpha value is -2.42. The van der Waals surface area contributed by atoms with E-state index in [4.69, 9.17) is 4.42 Å². The second-order valence-electron chi connectivity index (χ2n) is 5.21. The minimum absolute atomic E-state index is 0.602. The zero-order valence-electron chi connectivity index (χ0n) is 12.1. The Balaban J connectivity index is 1.59. The summed E-state index contributed by atoms with van der Waals surface area (Å²) >= 11 is 0. The van der Waals surface area contributed by atoms with Gasteiger partial charge < -0.3 is 4.42 Å². The molecular weight excluding hydrogens is 260 g/mol. The van der Waals surface area contributed by atoms with Crippen molar-refractivity contribution in [1.29, 1.82) is 0 Å². The van der Waals surface area contributed by atoms with E-state index in [2.05, 4.69) is 53.5 Å². The third-order valence-corrected chi connectivity index (χ3v) is 3.46. The van der Waals surface area contributed by atoms with Gasteiger partial charge in [-0.1, -0.05) is 48.0 Å². The van der Waals surface area contributed by atoms with Crippen LogP contribution < -0.4 is 0 Å². The van der Waals surface area contributed by atoms with Gasteiger partial charge in [0.25, 0.3) is 0 Å². The molecule has 106 valence electrons. The van der Waals surface area contributed by atoms with E-state index in [-0.39, 0.29) is 0 Å². The van der Waals surface area contributed by atoms with E-state index in [9.17, 15) is 0 Å². The van der Waals surface area contributed by atoms with Crippen molar-refractivity contribution in [3.8, 4) is 11.5 Å². The molecular formula is C18H18N2O. The number of hydrogen-bond acceptors (Lipinski definition) is 3. The van der Waals surface area contributed by atoms with E-state index in [1.165, 1.54) is 11.1 Å². The first-order chi connectivity index (χ1) is 10.3. The van der Waals surface area contributed by atoms with Crippen molar-refractivity contribution >= 4 is 0 Å². The van der Waals surface area contributed by atoms with Crippen LogP contribution in [0.2, 0.25) is 0 Å². The predicted molar refractivity (Wildman–Crippen MR) is 82.9 cm³/mol. The molecule has 1 aromatic heterocycles. The number of rotatable bonds is 5. The third kappa shape index (κ3) is 3.57. The van der Waals surface area contributed by atoms with Gasteiger partial charge in [0, 0.05) is 12.0 Å². The fourth-order valence-electron chi connectivity index (χ4n) is 2.26. The maximum Gasteiger partial charge on any atom is 0.247 e. The fraction of sp³-hybridized carbons (Fsp3) is 0.222. The van der Waals surface area contributed by atoms with E-state index in [0.29, 0.717) is 11.8 Å². The molecule has 0 amide bonds. The molecule has 0 bridgehead atoms. The Morgan fingerprint density at radius 1 is 0.857 bits per heavy atom. The summed E-state index contributed by atoms with van der Waals surface area (Å²) in [5, 5.41) is 8.25. The quantitative estimate of drug-likeness (QED) is 0.701. The van der Waals surface area contributed by atoms with Gasteiger partial charge in [-0.2, -0.15) is 0 Å². The molecule has 3 aromatic rings. The standard InChI is InChI=1S/C18H18N2O/c1-14-10-12-16(13-11-14)18-20-19-17(21-18)9-5-8-15-6-3-2-4-7-15/h2-4,6-7,10-13H,5,8-9H2,1H3. The molecule has 0 saturated carbocycles. The highest BCUT2D eigenvalue weighted by Crippen LogP contribution is 2.19. The van der Waals surface area contributed by atoms with Crippen molar-refractivity contribution in [3.05, 3.63) is 71.6 Å². The molecule has 2 aromatic carbocycles. The molecule has 1 heterocycles. The molecule has 21 heavy (non-hydrogen) atoms. The van der Waals surface area contributed by atoms with Crippen molar-refractivity contribution in [2.24, 2.45) is 0 Å². The molecule has 3 heteroatoms. The van der Waals surface area contributed by atoms with Crippen molar-refractivity contribution < 1.29 is 4.42 Å². The number of benzene rings is 2. The molecule has 0 aliphatic rings. The lowest BCUT2D eigenvalue weighted by Crippen LogP contribution is -1.90. The minimum atomic E-state index is 0.602. The van der Waals surface area contributed by atoms with E-state index < -0.39 is 0 Å². The summed E-state index contributed by atoms with van der Waals surface area (Å²) in [6.45, 7) is 2.06. The monoisotopic (exact) mass is 278 g/mol. The summed E-state index contributed by atoms with van der Waals surface area (Å²) in [5.74, 6) is 1.31. The normalized spacial score (nSPS) is 10.7. The van der Waals surface area contributed by atoms with Crippen LogP contribution in [0.25, 0.3) is 11.5 Å². The maximum atomic E-state index is 5.73. The lowest BCUT2D eigenvalue weighted by molar-refractivity contribution is 0.497. The van der Waals surface area contributed by atoms with Gasteiger partial charge in [0.1, 0.15) is 0 Å². The van der Waals surface area contributed by atoms with Gasteiger partial charge in [0.15, 0.2) is 0 Å². The maximum absolute atomic E-state index is 5.73. The summed E-state index contributed by atoms with van der Waals surface area (Å²) in [6.07, 6.45) is 2.86. The lowest BCUT2D eigenvalue weighted by Gasteiger charge is -1.98. The lowest BCUT2D eigenvalue weighted by atomic mass is 10.1. The SMILES string of the molecule is Cc1ccc(-c2nnc(CCCc3ccccc3)o2)cc1. The van der Waals surface area contributed by atoms with Crippen LogP contribution in [-0.4, -0.2) is 10.2 Å². The largest absolute Gasteiger partial charge is 0.421 e. The zero-order chi connectivity index (χ0) is 14.5. The van der Waals surface area contributed by atoms with Gasteiger partial charge in [0.2, 0.25) is 11.8 Å². The van der Waals surface area contributed by atoms with Gasteiger partial charge >= 0.3 is 0 Å². The van der Waals surface area contributed by atoms with Gasteiger partial charge in [-0.05, 0) is 37.5 Å². The molecule has 0 N–H and O–H groups in total. The van der Waals surface area contributed by atoms with Crippen LogP contribution in [0, 0.1) is 6.92 Å². The Morgan fingerprint density at radius 3 is 2.38 bits per heavy atom. The molecule has 0 aliphatic heterocycles. The predicted octanol–water partition coefficient (Wildman–Crippen LogP) is 4.22. The van der Waals surface area contributed by atoms with Crippen molar-refractivity contribution in [2.75, 3.05) is 0 Å². The van der Waals surface area contributed by atoms with Crippen molar-refractivity contribution in [1.82, 2.24) is 10.2 Å². The average Bonchev–Trinajstić information content (AvgIpc) is 2.98. The van der Waals surface area contributed by atoms with E-state index in [1.54, 1.807) is 0 Å².